The van der Waals surface area contributed by atoms with Gasteiger partial charge in [0.05, 0.1) is 0 Å². The van der Waals surface area contributed by atoms with Crippen LogP contribution in [0.3, 0.4) is 0 Å². The topological polar surface area (TPSA) is 64.7 Å². The van der Waals surface area contributed by atoms with Crippen LogP contribution in [0.4, 0.5) is 5.69 Å². The van der Waals surface area contributed by atoms with Crippen molar-refractivity contribution in [3.8, 4) is 0 Å². The van der Waals surface area contributed by atoms with E-state index in [-0.39, 0.29) is 0 Å². The molecule has 0 spiro atoms. The van der Waals surface area contributed by atoms with Crippen molar-refractivity contribution in [2.24, 2.45) is 0 Å². The third-order valence-electron chi connectivity index (χ3n) is 4.25. The van der Waals surface area contributed by atoms with Crippen molar-refractivity contribution in [1.29, 1.82) is 0 Å². The monoisotopic (exact) mass is 332 g/mol. The average Bonchev–Trinajstić information content (AvgIpc) is 2.61. The molecule has 1 heterocycles. The summed E-state index contributed by atoms with van der Waals surface area (Å²) in [5.41, 5.74) is 2.40. The third kappa shape index (κ3) is 5.53. The van der Waals surface area contributed by atoms with Crippen molar-refractivity contribution in [3.63, 3.8) is 0 Å². The van der Waals surface area contributed by atoms with Crippen LogP contribution in [0.5, 0.6) is 0 Å². The second kappa shape index (κ2) is 9.27. The molecule has 0 aromatic heterocycles. The molecule has 0 radical (unpaired) electrons. The Morgan fingerprint density at radius 3 is 2.12 bits per heavy atom. The van der Waals surface area contributed by atoms with Gasteiger partial charge in [-0.05, 0) is 37.6 Å². The lowest BCUT2D eigenvalue weighted by Gasteiger charge is -2.34. The maximum Gasteiger partial charge on any atom is 0.309 e. The average molecular weight is 332 g/mol. The van der Waals surface area contributed by atoms with E-state index in [1.807, 2.05) is 6.92 Å². The van der Waals surface area contributed by atoms with Gasteiger partial charge in [0.2, 0.25) is 0 Å². The number of nitrogens with zero attached hydrogens (tertiary/aromatic N) is 2. The highest BCUT2D eigenvalue weighted by Crippen LogP contribution is 2.17. The number of hydrogen-bond acceptors (Lipinski definition) is 4. The van der Waals surface area contributed by atoms with Gasteiger partial charge in [0.25, 0.3) is 0 Å². The molecule has 1 saturated heterocycles. The molecule has 0 atom stereocenters. The van der Waals surface area contributed by atoms with Gasteiger partial charge in [-0.15, -0.1) is 0 Å². The largest absolute Gasteiger partial charge is 0.369 e. The Morgan fingerprint density at radius 1 is 0.958 bits per heavy atom. The van der Waals surface area contributed by atoms with Gasteiger partial charge in [-0.2, -0.15) is 0 Å². The van der Waals surface area contributed by atoms with Crippen LogP contribution in [-0.2, 0) is 16.0 Å². The summed E-state index contributed by atoms with van der Waals surface area (Å²) in [6.07, 6.45) is 1.54. The first-order valence-corrected chi connectivity index (χ1v) is 8.68. The van der Waals surface area contributed by atoms with E-state index in [1.54, 1.807) is 0 Å². The molecule has 1 aromatic rings. The van der Waals surface area contributed by atoms with Crippen LogP contribution in [0.2, 0.25) is 0 Å². The number of anilines is 1. The van der Waals surface area contributed by atoms with E-state index in [0.717, 1.165) is 44.6 Å². The quantitative estimate of drug-likeness (QED) is 0.750. The summed E-state index contributed by atoms with van der Waals surface area (Å²) in [4.78, 5) is 27.8. The number of piperazine rings is 1. The Hall–Kier alpha value is -2.08. The van der Waals surface area contributed by atoms with Crippen LogP contribution in [0, 0.1) is 0 Å². The zero-order valence-electron chi connectivity index (χ0n) is 14.7. The number of carbonyl (C=O) groups is 2. The minimum atomic E-state index is -0.558. The lowest BCUT2D eigenvalue weighted by molar-refractivity contribution is -0.139. The van der Waals surface area contributed by atoms with Gasteiger partial charge < -0.3 is 20.4 Å². The molecule has 2 rings (SSSR count). The van der Waals surface area contributed by atoms with Crippen LogP contribution in [-0.4, -0.2) is 63.0 Å². The Labute approximate surface area is 144 Å². The Balaban J connectivity index is 1.74. The molecule has 0 saturated carbocycles. The van der Waals surface area contributed by atoms with Crippen molar-refractivity contribution in [2.75, 3.05) is 51.2 Å². The van der Waals surface area contributed by atoms with Crippen molar-refractivity contribution in [1.82, 2.24) is 15.5 Å². The number of amides is 2. The van der Waals surface area contributed by atoms with Gasteiger partial charge in [0.1, 0.15) is 0 Å². The standard InChI is InChI=1S/C18H28N4O2/c1-3-9-19-17(23)18(24)20-10-8-15-4-6-16(7-5-15)22-13-11-21(2)12-14-22/h4-7H,3,8-14H2,1-2H3,(H,19,23)(H,20,24). The van der Waals surface area contributed by atoms with E-state index in [1.165, 1.54) is 5.69 Å². The summed E-state index contributed by atoms with van der Waals surface area (Å²) in [6, 6.07) is 8.46. The van der Waals surface area contributed by atoms with Gasteiger partial charge in [0, 0.05) is 45.0 Å². The highest BCUT2D eigenvalue weighted by atomic mass is 16.2. The lowest BCUT2D eigenvalue weighted by atomic mass is 10.1. The van der Waals surface area contributed by atoms with Crippen LogP contribution in [0.1, 0.15) is 18.9 Å². The molecule has 132 valence electrons. The normalized spacial score (nSPS) is 15.2. The Morgan fingerprint density at radius 2 is 1.54 bits per heavy atom. The van der Waals surface area contributed by atoms with Crippen molar-refractivity contribution >= 4 is 17.5 Å². The van der Waals surface area contributed by atoms with Crippen LogP contribution >= 0.6 is 0 Å². The molecule has 1 fully saturated rings. The fourth-order valence-electron chi connectivity index (χ4n) is 2.66. The molecular formula is C18H28N4O2. The first kappa shape index (κ1) is 18.3. The summed E-state index contributed by atoms with van der Waals surface area (Å²) < 4.78 is 0. The predicted molar refractivity (Wildman–Crippen MR) is 96.2 cm³/mol. The van der Waals surface area contributed by atoms with Gasteiger partial charge >= 0.3 is 11.8 Å². The highest BCUT2D eigenvalue weighted by Gasteiger charge is 2.14. The Kier molecular flexibility index (Phi) is 7.06. The van der Waals surface area contributed by atoms with Gasteiger partial charge in [-0.25, -0.2) is 0 Å². The van der Waals surface area contributed by atoms with Crippen LogP contribution in [0.25, 0.3) is 0 Å². The molecule has 2 N–H and O–H groups in total. The predicted octanol–water partition coefficient (Wildman–Crippen LogP) is 0.623. The zero-order chi connectivity index (χ0) is 17.4. The second-order valence-electron chi connectivity index (χ2n) is 6.22. The molecule has 0 bridgehead atoms. The lowest BCUT2D eigenvalue weighted by Crippen LogP contribution is -2.44. The van der Waals surface area contributed by atoms with Gasteiger partial charge in [0.15, 0.2) is 0 Å². The molecule has 6 nitrogen and oxygen atoms in total. The van der Waals surface area contributed by atoms with E-state index in [4.69, 9.17) is 0 Å². The second-order valence-corrected chi connectivity index (χ2v) is 6.22. The van der Waals surface area contributed by atoms with E-state index in [0.29, 0.717) is 13.1 Å². The molecule has 1 aliphatic rings. The van der Waals surface area contributed by atoms with E-state index < -0.39 is 11.8 Å². The molecule has 0 unspecified atom stereocenters. The number of benzene rings is 1. The minimum absolute atomic E-state index is 0.465. The zero-order valence-corrected chi connectivity index (χ0v) is 14.7. The van der Waals surface area contributed by atoms with Crippen molar-refractivity contribution < 1.29 is 9.59 Å². The van der Waals surface area contributed by atoms with Crippen molar-refractivity contribution in [3.05, 3.63) is 29.8 Å². The van der Waals surface area contributed by atoms with Crippen LogP contribution in [0.15, 0.2) is 24.3 Å². The van der Waals surface area contributed by atoms with E-state index in [2.05, 4.69) is 51.7 Å². The molecule has 6 heteroatoms. The van der Waals surface area contributed by atoms with Crippen molar-refractivity contribution in [2.45, 2.75) is 19.8 Å². The summed E-state index contributed by atoms with van der Waals surface area (Å²) in [6.45, 7) is 7.23. The number of carbonyl (C=O) groups excluding carboxylic acids is 2. The summed E-state index contributed by atoms with van der Waals surface area (Å²) >= 11 is 0. The molecular weight excluding hydrogens is 304 g/mol. The van der Waals surface area contributed by atoms with Gasteiger partial charge in [-0.3, -0.25) is 9.59 Å². The minimum Gasteiger partial charge on any atom is -0.369 e. The number of nitrogens with one attached hydrogen (secondary N) is 2. The summed E-state index contributed by atoms with van der Waals surface area (Å²) in [7, 11) is 2.15. The van der Waals surface area contributed by atoms with E-state index in [9.17, 15) is 9.59 Å². The number of likely N-dealkylation sites (N-methyl/N-ethyl adjacent to an activating group) is 1. The fraction of sp³-hybridized carbons (Fsp3) is 0.556. The summed E-state index contributed by atoms with van der Waals surface area (Å²) in [5, 5.41) is 5.22. The third-order valence-corrected chi connectivity index (χ3v) is 4.25. The number of rotatable bonds is 6. The molecule has 1 aromatic carbocycles. The summed E-state index contributed by atoms with van der Waals surface area (Å²) in [5.74, 6) is -1.11. The maximum absolute atomic E-state index is 11.6. The molecule has 2 amide bonds. The maximum atomic E-state index is 11.6. The van der Waals surface area contributed by atoms with Gasteiger partial charge in [-0.1, -0.05) is 19.1 Å². The number of hydrogen-bond donors (Lipinski definition) is 2. The SMILES string of the molecule is CCCNC(=O)C(=O)NCCc1ccc(N2CCN(C)CC2)cc1. The first-order valence-electron chi connectivity index (χ1n) is 8.68. The molecule has 1 aliphatic heterocycles. The molecule has 0 aliphatic carbocycles. The first-order chi connectivity index (χ1) is 11.6. The van der Waals surface area contributed by atoms with E-state index >= 15 is 0 Å². The molecule has 24 heavy (non-hydrogen) atoms. The highest BCUT2D eigenvalue weighted by molar-refractivity contribution is 6.35. The fourth-order valence-corrected chi connectivity index (χ4v) is 2.66. The Bertz CT molecular complexity index is 536. The smallest absolute Gasteiger partial charge is 0.309 e. The van der Waals surface area contributed by atoms with Crippen LogP contribution < -0.4 is 15.5 Å².